The number of nitriles is 1. The largest absolute Gasteiger partial charge is 0.206 e. The van der Waals surface area contributed by atoms with Crippen LogP contribution in [0.25, 0.3) is 21.9 Å². The molecule has 166 valence electrons. The Labute approximate surface area is 185 Å². The molecule has 32 heavy (non-hydrogen) atoms. The van der Waals surface area contributed by atoms with Crippen LogP contribution in [0.1, 0.15) is 68.9 Å². The van der Waals surface area contributed by atoms with Gasteiger partial charge in [0.15, 0.2) is 5.82 Å². The Morgan fingerprint density at radius 2 is 1.59 bits per heavy atom. The number of rotatable bonds is 5. The third-order valence-electron chi connectivity index (χ3n) is 6.78. The summed E-state index contributed by atoms with van der Waals surface area (Å²) in [6, 6.07) is 9.39. The predicted octanol–water partition coefficient (Wildman–Crippen LogP) is 8.40. The fraction of sp³-hybridized carbons (Fsp3) is 0.370. The van der Waals surface area contributed by atoms with Gasteiger partial charge in [-0.2, -0.15) is 5.26 Å². The number of nitrogens with zero attached hydrogens (tertiary/aromatic N) is 1. The van der Waals surface area contributed by atoms with E-state index < -0.39 is 28.8 Å². The van der Waals surface area contributed by atoms with Gasteiger partial charge in [0.05, 0.1) is 5.56 Å². The first-order chi connectivity index (χ1) is 15.4. The lowest BCUT2D eigenvalue weighted by Crippen LogP contribution is -2.14. The van der Waals surface area contributed by atoms with Crippen molar-refractivity contribution in [2.45, 2.75) is 57.8 Å². The summed E-state index contributed by atoms with van der Waals surface area (Å²) in [4.78, 5) is 0. The van der Waals surface area contributed by atoms with Crippen molar-refractivity contribution in [2.75, 3.05) is 0 Å². The molecule has 0 spiro atoms. The van der Waals surface area contributed by atoms with Gasteiger partial charge in [0, 0.05) is 5.39 Å². The molecule has 3 aromatic carbocycles. The molecule has 1 fully saturated rings. The molecule has 0 N–H and O–H groups in total. The molecule has 0 bridgehead atoms. The van der Waals surface area contributed by atoms with Gasteiger partial charge in [0.1, 0.15) is 29.1 Å². The van der Waals surface area contributed by atoms with Gasteiger partial charge in [-0.3, -0.25) is 0 Å². The molecule has 1 aliphatic carbocycles. The van der Waals surface area contributed by atoms with E-state index in [1.165, 1.54) is 55.7 Å². The normalized spacial score (nSPS) is 18.6. The molecular formula is C27H25F4N. The lowest BCUT2D eigenvalue weighted by molar-refractivity contribution is 0.303. The predicted molar refractivity (Wildman–Crippen MR) is 118 cm³/mol. The third-order valence-corrected chi connectivity index (χ3v) is 6.78. The highest BCUT2D eigenvalue weighted by molar-refractivity contribution is 5.89. The van der Waals surface area contributed by atoms with Crippen molar-refractivity contribution in [3.63, 3.8) is 0 Å². The van der Waals surface area contributed by atoms with E-state index >= 15 is 8.78 Å². The van der Waals surface area contributed by atoms with Crippen LogP contribution in [0.2, 0.25) is 0 Å². The molecule has 1 aliphatic rings. The van der Waals surface area contributed by atoms with Crippen molar-refractivity contribution in [3.8, 4) is 17.2 Å². The van der Waals surface area contributed by atoms with Gasteiger partial charge < -0.3 is 0 Å². The summed E-state index contributed by atoms with van der Waals surface area (Å²) in [5.41, 5.74) is -0.00565. The quantitative estimate of drug-likeness (QED) is 0.366. The molecule has 4 rings (SSSR count). The second kappa shape index (κ2) is 9.32. The van der Waals surface area contributed by atoms with E-state index in [-0.39, 0.29) is 27.8 Å². The first-order valence-electron chi connectivity index (χ1n) is 11.2. The fourth-order valence-corrected chi connectivity index (χ4v) is 4.97. The number of halogens is 4. The third kappa shape index (κ3) is 4.24. The molecule has 0 heterocycles. The van der Waals surface area contributed by atoms with Gasteiger partial charge >= 0.3 is 0 Å². The van der Waals surface area contributed by atoms with Crippen LogP contribution in [-0.4, -0.2) is 0 Å². The summed E-state index contributed by atoms with van der Waals surface area (Å²) in [5, 5.41) is 9.10. The van der Waals surface area contributed by atoms with Crippen molar-refractivity contribution >= 4 is 10.8 Å². The van der Waals surface area contributed by atoms with Crippen molar-refractivity contribution in [3.05, 3.63) is 70.8 Å². The summed E-state index contributed by atoms with van der Waals surface area (Å²) in [5.74, 6) is -2.47. The van der Waals surface area contributed by atoms with E-state index in [0.29, 0.717) is 11.5 Å². The number of unbranched alkanes of at least 4 members (excludes halogenated alkanes) is 1. The highest BCUT2D eigenvalue weighted by Crippen LogP contribution is 2.40. The van der Waals surface area contributed by atoms with Crippen LogP contribution < -0.4 is 0 Å². The summed E-state index contributed by atoms with van der Waals surface area (Å²) in [6.45, 7) is 2.19. The Bertz CT molecular complexity index is 1160. The summed E-state index contributed by atoms with van der Waals surface area (Å²) >= 11 is 0. The molecule has 0 atom stereocenters. The van der Waals surface area contributed by atoms with E-state index in [4.69, 9.17) is 5.26 Å². The van der Waals surface area contributed by atoms with Crippen LogP contribution in [0, 0.1) is 40.5 Å². The highest BCUT2D eigenvalue weighted by Gasteiger charge is 2.24. The first kappa shape index (κ1) is 22.3. The van der Waals surface area contributed by atoms with Gasteiger partial charge in [-0.15, -0.1) is 0 Å². The topological polar surface area (TPSA) is 23.8 Å². The summed E-state index contributed by atoms with van der Waals surface area (Å²) in [7, 11) is 0. The molecular weight excluding hydrogens is 414 g/mol. The maximum atomic E-state index is 15.0. The highest BCUT2D eigenvalue weighted by atomic mass is 19.1. The fourth-order valence-electron chi connectivity index (χ4n) is 4.97. The lowest BCUT2D eigenvalue weighted by Gasteiger charge is -2.29. The zero-order valence-electron chi connectivity index (χ0n) is 18.0. The summed E-state index contributed by atoms with van der Waals surface area (Å²) < 4.78 is 58.5. The van der Waals surface area contributed by atoms with E-state index in [0.717, 1.165) is 31.7 Å². The van der Waals surface area contributed by atoms with Crippen LogP contribution in [0.4, 0.5) is 17.6 Å². The monoisotopic (exact) mass is 439 g/mol. The molecule has 0 saturated heterocycles. The Hall–Kier alpha value is -2.87. The second-order valence-electron chi connectivity index (χ2n) is 8.81. The van der Waals surface area contributed by atoms with E-state index in [1.54, 1.807) is 0 Å². The molecule has 1 saturated carbocycles. The molecule has 5 heteroatoms. The van der Waals surface area contributed by atoms with Crippen LogP contribution >= 0.6 is 0 Å². The molecule has 0 radical (unpaired) electrons. The summed E-state index contributed by atoms with van der Waals surface area (Å²) in [6.07, 6.45) is 7.68. The van der Waals surface area contributed by atoms with E-state index in [2.05, 4.69) is 6.92 Å². The maximum absolute atomic E-state index is 15.0. The Morgan fingerprint density at radius 1 is 0.906 bits per heavy atom. The van der Waals surface area contributed by atoms with Crippen molar-refractivity contribution in [2.24, 2.45) is 5.92 Å². The average Bonchev–Trinajstić information content (AvgIpc) is 2.77. The SMILES string of the molecule is CCCCC1CCC(c2cc(F)c(-c3ccc4c(F)c(C#N)c(F)cc4c3)c(F)c2)CC1. The van der Waals surface area contributed by atoms with Gasteiger partial charge in [-0.25, -0.2) is 17.6 Å². The Balaban J connectivity index is 1.63. The van der Waals surface area contributed by atoms with Crippen LogP contribution in [0.3, 0.4) is 0 Å². The van der Waals surface area contributed by atoms with E-state index in [1.807, 2.05) is 0 Å². The number of benzene rings is 3. The minimum Gasteiger partial charge on any atom is -0.206 e. The average molecular weight is 439 g/mol. The van der Waals surface area contributed by atoms with Crippen molar-refractivity contribution in [1.29, 1.82) is 5.26 Å². The first-order valence-corrected chi connectivity index (χ1v) is 11.2. The van der Waals surface area contributed by atoms with Crippen LogP contribution in [0.15, 0.2) is 36.4 Å². The minimum absolute atomic E-state index is 0.0315. The molecule has 0 unspecified atom stereocenters. The molecule has 0 amide bonds. The molecule has 3 aromatic rings. The lowest BCUT2D eigenvalue weighted by atomic mass is 9.77. The second-order valence-corrected chi connectivity index (χ2v) is 8.81. The smallest absolute Gasteiger partial charge is 0.151 e. The van der Waals surface area contributed by atoms with Crippen molar-refractivity contribution < 1.29 is 17.6 Å². The Kier molecular flexibility index (Phi) is 6.50. The number of fused-ring (bicyclic) bond motifs is 1. The Morgan fingerprint density at radius 3 is 2.22 bits per heavy atom. The van der Waals surface area contributed by atoms with Gasteiger partial charge in [-0.05, 0) is 78.3 Å². The van der Waals surface area contributed by atoms with Crippen LogP contribution in [-0.2, 0) is 0 Å². The molecule has 0 aliphatic heterocycles. The standard InChI is InChI=1S/C27H25F4N/c1-2-3-4-16-5-7-17(8-6-16)19-12-24(29)26(25(30)13-19)18-9-10-21-20(11-18)14-23(28)22(15-32)27(21)31/h9-14,16-17H,2-8H2,1H3. The maximum Gasteiger partial charge on any atom is 0.151 e. The minimum atomic E-state index is -1.000. The van der Waals surface area contributed by atoms with Gasteiger partial charge in [0.2, 0.25) is 0 Å². The van der Waals surface area contributed by atoms with E-state index in [9.17, 15) is 8.78 Å². The molecule has 1 nitrogen and oxygen atoms in total. The van der Waals surface area contributed by atoms with Gasteiger partial charge in [-0.1, -0.05) is 38.3 Å². The van der Waals surface area contributed by atoms with Crippen LogP contribution in [0.5, 0.6) is 0 Å². The molecule has 0 aromatic heterocycles. The zero-order valence-corrected chi connectivity index (χ0v) is 18.0. The number of hydrogen-bond donors (Lipinski definition) is 0. The van der Waals surface area contributed by atoms with Crippen molar-refractivity contribution in [1.82, 2.24) is 0 Å². The number of hydrogen-bond acceptors (Lipinski definition) is 1. The van der Waals surface area contributed by atoms with Gasteiger partial charge in [0.25, 0.3) is 0 Å². The zero-order chi connectivity index (χ0) is 22.8.